The van der Waals surface area contributed by atoms with E-state index in [9.17, 15) is 14.7 Å². The lowest BCUT2D eigenvalue weighted by atomic mass is 9.82. The lowest BCUT2D eigenvalue weighted by Crippen LogP contribution is -2.61. The van der Waals surface area contributed by atoms with Crippen LogP contribution in [0.15, 0.2) is 0 Å². The minimum atomic E-state index is -0.666. The van der Waals surface area contributed by atoms with Crippen LogP contribution < -0.4 is 5.73 Å². The van der Waals surface area contributed by atoms with Gasteiger partial charge in [0, 0.05) is 13.8 Å². The zero-order chi connectivity index (χ0) is 18.3. The fraction of sp³-hybridized carbons (Fsp3) is 0.882. The molecule has 0 aromatic carbocycles. The summed E-state index contributed by atoms with van der Waals surface area (Å²) in [6, 6.07) is -0.528. The molecule has 0 saturated carbocycles. The lowest BCUT2D eigenvalue weighted by Gasteiger charge is -2.45. The standard InChI is InChI=1S/C17H31NO6/c1-5-12(6-2)7-14-16(18)17(23-11(4)21)13(8-19)15(24-14)9-22-10(3)20/h12-17,19H,5-9,18H2,1-4H3. The third-order valence-corrected chi connectivity index (χ3v) is 4.74. The Kier molecular flexibility index (Phi) is 8.66. The van der Waals surface area contributed by atoms with Crippen LogP contribution in [0.5, 0.6) is 0 Å². The molecule has 1 fully saturated rings. The maximum absolute atomic E-state index is 11.4. The molecule has 24 heavy (non-hydrogen) atoms. The molecule has 0 spiro atoms. The van der Waals surface area contributed by atoms with Crippen molar-refractivity contribution in [2.45, 2.75) is 71.3 Å². The molecule has 5 unspecified atom stereocenters. The van der Waals surface area contributed by atoms with E-state index in [-0.39, 0.29) is 19.3 Å². The summed E-state index contributed by atoms with van der Waals surface area (Å²) < 4.78 is 16.5. The Morgan fingerprint density at radius 1 is 1.17 bits per heavy atom. The molecule has 0 radical (unpaired) electrons. The van der Waals surface area contributed by atoms with Gasteiger partial charge in [0.05, 0.1) is 24.7 Å². The highest BCUT2D eigenvalue weighted by Crippen LogP contribution is 2.32. The Morgan fingerprint density at radius 2 is 1.79 bits per heavy atom. The van der Waals surface area contributed by atoms with Gasteiger partial charge in [0.25, 0.3) is 0 Å². The Bertz CT molecular complexity index is 412. The van der Waals surface area contributed by atoms with Crippen molar-refractivity contribution in [1.82, 2.24) is 0 Å². The number of carbonyl (C=O) groups is 2. The van der Waals surface area contributed by atoms with Crippen LogP contribution in [0.25, 0.3) is 0 Å². The van der Waals surface area contributed by atoms with E-state index in [1.165, 1.54) is 13.8 Å². The van der Waals surface area contributed by atoms with E-state index in [1.54, 1.807) is 0 Å². The largest absolute Gasteiger partial charge is 0.463 e. The maximum Gasteiger partial charge on any atom is 0.302 e. The molecule has 5 atom stereocenters. The second kappa shape index (κ2) is 9.96. The zero-order valence-electron chi connectivity index (χ0n) is 15.1. The molecule has 3 N–H and O–H groups in total. The van der Waals surface area contributed by atoms with Gasteiger partial charge in [0.15, 0.2) is 0 Å². The minimum Gasteiger partial charge on any atom is -0.463 e. The highest BCUT2D eigenvalue weighted by Gasteiger charge is 2.46. The van der Waals surface area contributed by atoms with Gasteiger partial charge in [-0.2, -0.15) is 0 Å². The SMILES string of the molecule is CCC(CC)CC1OC(COC(C)=O)C(CO)C(OC(C)=O)C1N. The van der Waals surface area contributed by atoms with E-state index in [2.05, 4.69) is 13.8 Å². The summed E-state index contributed by atoms with van der Waals surface area (Å²) >= 11 is 0. The molecular formula is C17H31NO6. The molecule has 1 heterocycles. The number of carbonyl (C=O) groups excluding carboxylic acids is 2. The topological polar surface area (TPSA) is 108 Å². The van der Waals surface area contributed by atoms with Crippen LogP contribution in [0, 0.1) is 11.8 Å². The number of esters is 2. The Hall–Kier alpha value is -1.18. The van der Waals surface area contributed by atoms with Crippen LogP contribution >= 0.6 is 0 Å². The molecule has 1 saturated heterocycles. The van der Waals surface area contributed by atoms with Crippen LogP contribution in [-0.2, 0) is 23.8 Å². The predicted octanol–water partition coefficient (Wildman–Crippen LogP) is 1.01. The monoisotopic (exact) mass is 345 g/mol. The molecule has 7 nitrogen and oxygen atoms in total. The summed E-state index contributed by atoms with van der Waals surface area (Å²) in [5, 5.41) is 9.72. The van der Waals surface area contributed by atoms with Crippen LogP contribution in [0.2, 0.25) is 0 Å². The minimum absolute atomic E-state index is 0.00443. The fourth-order valence-electron chi connectivity index (χ4n) is 3.23. The van der Waals surface area contributed by atoms with Crippen LogP contribution in [0.4, 0.5) is 0 Å². The molecule has 1 aliphatic rings. The van der Waals surface area contributed by atoms with Crippen molar-refractivity contribution in [2.24, 2.45) is 17.6 Å². The van der Waals surface area contributed by atoms with Gasteiger partial charge in [0.1, 0.15) is 18.8 Å². The Balaban J connectivity index is 2.96. The van der Waals surface area contributed by atoms with Gasteiger partial charge in [-0.25, -0.2) is 0 Å². The van der Waals surface area contributed by atoms with Gasteiger partial charge >= 0.3 is 11.9 Å². The number of hydrogen-bond acceptors (Lipinski definition) is 7. The number of rotatable bonds is 8. The van der Waals surface area contributed by atoms with Crippen molar-refractivity contribution < 1.29 is 28.9 Å². The van der Waals surface area contributed by atoms with Crippen LogP contribution in [0.3, 0.4) is 0 Å². The third kappa shape index (κ3) is 5.72. The van der Waals surface area contributed by atoms with E-state index in [0.717, 1.165) is 19.3 Å². The average molecular weight is 345 g/mol. The zero-order valence-corrected chi connectivity index (χ0v) is 15.1. The molecule has 0 bridgehead atoms. The molecular weight excluding hydrogens is 314 g/mol. The average Bonchev–Trinajstić information content (AvgIpc) is 2.53. The normalized spacial score (nSPS) is 30.2. The fourth-order valence-corrected chi connectivity index (χ4v) is 3.23. The van der Waals surface area contributed by atoms with Gasteiger partial charge in [-0.05, 0) is 12.3 Å². The van der Waals surface area contributed by atoms with Crippen molar-refractivity contribution in [1.29, 1.82) is 0 Å². The number of nitrogens with two attached hydrogens (primary N) is 1. The summed E-state index contributed by atoms with van der Waals surface area (Å²) in [5.74, 6) is -0.964. The van der Waals surface area contributed by atoms with Crippen molar-refractivity contribution >= 4 is 11.9 Å². The maximum atomic E-state index is 11.4. The van der Waals surface area contributed by atoms with Gasteiger partial charge in [-0.15, -0.1) is 0 Å². The summed E-state index contributed by atoms with van der Waals surface area (Å²) in [4.78, 5) is 22.6. The third-order valence-electron chi connectivity index (χ3n) is 4.74. The van der Waals surface area contributed by atoms with Crippen molar-refractivity contribution in [3.05, 3.63) is 0 Å². The molecule has 0 aliphatic carbocycles. The first-order valence-electron chi connectivity index (χ1n) is 8.66. The molecule has 1 rings (SSSR count). The Labute approximate surface area is 143 Å². The van der Waals surface area contributed by atoms with Gasteiger partial charge in [-0.1, -0.05) is 26.7 Å². The first-order chi connectivity index (χ1) is 11.3. The predicted molar refractivity (Wildman–Crippen MR) is 88.1 cm³/mol. The highest BCUT2D eigenvalue weighted by atomic mass is 16.6. The second-order valence-electron chi connectivity index (χ2n) is 6.43. The quantitative estimate of drug-likeness (QED) is 0.632. The van der Waals surface area contributed by atoms with Crippen molar-refractivity contribution in [3.63, 3.8) is 0 Å². The molecule has 0 amide bonds. The molecule has 0 aromatic heterocycles. The van der Waals surface area contributed by atoms with Gasteiger partial charge in [0.2, 0.25) is 0 Å². The molecule has 140 valence electrons. The van der Waals surface area contributed by atoms with Crippen molar-refractivity contribution in [2.75, 3.05) is 13.2 Å². The highest BCUT2D eigenvalue weighted by molar-refractivity contribution is 5.66. The van der Waals surface area contributed by atoms with E-state index >= 15 is 0 Å². The smallest absolute Gasteiger partial charge is 0.302 e. The summed E-state index contributed by atoms with van der Waals surface area (Å²) in [6.45, 7) is 6.58. The van der Waals surface area contributed by atoms with Gasteiger partial charge < -0.3 is 25.1 Å². The van der Waals surface area contributed by atoms with E-state index < -0.39 is 36.1 Å². The summed E-state index contributed by atoms with van der Waals surface area (Å²) in [6.07, 6.45) is 1.20. The van der Waals surface area contributed by atoms with E-state index in [4.69, 9.17) is 19.9 Å². The summed E-state index contributed by atoms with van der Waals surface area (Å²) in [7, 11) is 0. The van der Waals surface area contributed by atoms with Crippen LogP contribution in [0.1, 0.15) is 47.0 Å². The number of aliphatic hydroxyl groups is 1. The first kappa shape index (κ1) is 20.9. The number of aliphatic hydroxyl groups excluding tert-OH is 1. The van der Waals surface area contributed by atoms with E-state index in [1.807, 2.05) is 0 Å². The molecule has 0 aromatic rings. The first-order valence-corrected chi connectivity index (χ1v) is 8.66. The molecule has 1 aliphatic heterocycles. The number of hydrogen-bond donors (Lipinski definition) is 2. The van der Waals surface area contributed by atoms with Gasteiger partial charge in [-0.3, -0.25) is 9.59 Å². The molecule has 7 heteroatoms. The Morgan fingerprint density at radius 3 is 2.25 bits per heavy atom. The van der Waals surface area contributed by atoms with Crippen molar-refractivity contribution in [3.8, 4) is 0 Å². The second-order valence-corrected chi connectivity index (χ2v) is 6.43. The lowest BCUT2D eigenvalue weighted by molar-refractivity contribution is -0.199. The van der Waals surface area contributed by atoms with Crippen LogP contribution in [-0.4, -0.2) is 54.6 Å². The summed E-state index contributed by atoms with van der Waals surface area (Å²) in [5.41, 5.74) is 6.29. The van der Waals surface area contributed by atoms with E-state index in [0.29, 0.717) is 5.92 Å². The number of ether oxygens (including phenoxy) is 3.